The van der Waals surface area contributed by atoms with Gasteiger partial charge in [-0.1, -0.05) is 42.5 Å². The molecule has 0 aliphatic heterocycles. The van der Waals surface area contributed by atoms with Crippen molar-refractivity contribution in [2.45, 2.75) is 6.04 Å². The number of nitrogens with zero attached hydrogens (tertiary/aromatic N) is 1. The van der Waals surface area contributed by atoms with E-state index in [9.17, 15) is 9.18 Å². The minimum atomic E-state index is -0.305. The fraction of sp³-hybridized carbons (Fsp3) is 0.235. The molecule has 2 rings (SSSR count). The van der Waals surface area contributed by atoms with E-state index in [0.29, 0.717) is 0 Å². The van der Waals surface area contributed by atoms with Crippen LogP contribution in [0.2, 0.25) is 0 Å². The lowest BCUT2D eigenvalue weighted by Gasteiger charge is -2.28. The minimum absolute atomic E-state index is 0.133. The lowest BCUT2D eigenvalue weighted by molar-refractivity contribution is -0.141. The number of rotatable bonds is 5. The smallest absolute Gasteiger partial charge is 0.319 e. The summed E-state index contributed by atoms with van der Waals surface area (Å²) >= 11 is 0. The molecule has 0 heterocycles. The molecule has 0 spiro atoms. The number of ether oxygens (including phenoxy) is 1. The van der Waals surface area contributed by atoms with E-state index < -0.39 is 0 Å². The summed E-state index contributed by atoms with van der Waals surface area (Å²) in [5.41, 5.74) is 1.96. The van der Waals surface area contributed by atoms with E-state index in [0.717, 1.165) is 11.1 Å². The van der Waals surface area contributed by atoms with Crippen molar-refractivity contribution in [1.29, 1.82) is 0 Å². The van der Waals surface area contributed by atoms with Crippen LogP contribution in [-0.2, 0) is 9.53 Å². The summed E-state index contributed by atoms with van der Waals surface area (Å²) in [6, 6.07) is 16.0. The van der Waals surface area contributed by atoms with Gasteiger partial charge in [-0.15, -0.1) is 0 Å². The first-order valence-corrected chi connectivity index (χ1v) is 6.69. The van der Waals surface area contributed by atoms with Gasteiger partial charge in [0.1, 0.15) is 5.82 Å². The molecule has 21 heavy (non-hydrogen) atoms. The van der Waals surface area contributed by atoms with E-state index in [1.54, 1.807) is 12.1 Å². The molecule has 0 aliphatic rings. The average Bonchev–Trinajstić information content (AvgIpc) is 2.50. The van der Waals surface area contributed by atoms with Gasteiger partial charge in [-0.05, 0) is 30.3 Å². The molecule has 110 valence electrons. The Morgan fingerprint density at radius 1 is 1.10 bits per heavy atom. The van der Waals surface area contributed by atoms with Gasteiger partial charge in [-0.2, -0.15) is 0 Å². The Kier molecular flexibility index (Phi) is 5.06. The van der Waals surface area contributed by atoms with Crippen LogP contribution in [0.3, 0.4) is 0 Å². The third-order valence-corrected chi connectivity index (χ3v) is 3.35. The van der Waals surface area contributed by atoms with Crippen molar-refractivity contribution < 1.29 is 13.9 Å². The van der Waals surface area contributed by atoms with E-state index in [4.69, 9.17) is 4.74 Å². The van der Waals surface area contributed by atoms with Crippen LogP contribution in [0.25, 0.3) is 0 Å². The van der Waals surface area contributed by atoms with Gasteiger partial charge in [0.15, 0.2) is 0 Å². The van der Waals surface area contributed by atoms with Gasteiger partial charge in [0.2, 0.25) is 0 Å². The number of hydrogen-bond donors (Lipinski definition) is 0. The van der Waals surface area contributed by atoms with Gasteiger partial charge >= 0.3 is 5.97 Å². The van der Waals surface area contributed by atoms with Crippen molar-refractivity contribution in [1.82, 2.24) is 4.90 Å². The molecule has 0 aliphatic carbocycles. The SMILES string of the molecule is COC(=O)CN(C)C(c1ccccc1)c1ccc(F)cc1. The molecule has 2 aromatic carbocycles. The number of hydrogen-bond acceptors (Lipinski definition) is 3. The van der Waals surface area contributed by atoms with Crippen molar-refractivity contribution in [2.24, 2.45) is 0 Å². The Bertz CT molecular complexity index is 583. The quantitative estimate of drug-likeness (QED) is 0.792. The van der Waals surface area contributed by atoms with Crippen LogP contribution in [0, 0.1) is 5.82 Å². The second-order valence-electron chi connectivity index (χ2n) is 4.86. The maximum atomic E-state index is 13.1. The average molecular weight is 287 g/mol. The summed E-state index contributed by atoms with van der Waals surface area (Å²) in [6.45, 7) is 0.160. The van der Waals surface area contributed by atoms with Crippen LogP contribution < -0.4 is 0 Å². The van der Waals surface area contributed by atoms with Crippen molar-refractivity contribution in [3.05, 3.63) is 71.5 Å². The molecule has 0 fully saturated rings. The van der Waals surface area contributed by atoms with Gasteiger partial charge in [-0.25, -0.2) is 4.39 Å². The summed E-state index contributed by atoms with van der Waals surface area (Å²) in [7, 11) is 3.21. The van der Waals surface area contributed by atoms with Crippen molar-refractivity contribution in [3.63, 3.8) is 0 Å². The molecule has 4 heteroatoms. The molecule has 1 atom stereocenters. The van der Waals surface area contributed by atoms with Gasteiger partial charge in [0.25, 0.3) is 0 Å². The molecule has 0 saturated heterocycles. The molecule has 0 saturated carbocycles. The Morgan fingerprint density at radius 3 is 2.24 bits per heavy atom. The summed E-state index contributed by atoms with van der Waals surface area (Å²) in [6.07, 6.45) is 0. The standard InChI is InChI=1S/C17H18FNO2/c1-19(12-16(20)21-2)17(13-6-4-3-5-7-13)14-8-10-15(18)11-9-14/h3-11,17H,12H2,1-2H3. The summed E-state index contributed by atoms with van der Waals surface area (Å²) in [5, 5.41) is 0. The molecule has 0 N–H and O–H groups in total. The van der Waals surface area contributed by atoms with Crippen LogP contribution in [0.4, 0.5) is 4.39 Å². The Labute approximate surface area is 124 Å². The first kappa shape index (κ1) is 15.2. The Hall–Kier alpha value is -2.20. The second-order valence-corrected chi connectivity index (χ2v) is 4.86. The summed E-state index contributed by atoms with van der Waals surface area (Å²) in [4.78, 5) is 13.4. The van der Waals surface area contributed by atoms with E-state index in [1.165, 1.54) is 19.2 Å². The Balaban J connectivity index is 2.35. The molecular formula is C17H18FNO2. The van der Waals surface area contributed by atoms with Gasteiger partial charge in [-0.3, -0.25) is 9.69 Å². The van der Waals surface area contributed by atoms with Gasteiger partial charge in [0, 0.05) is 0 Å². The van der Waals surface area contributed by atoms with Crippen LogP contribution in [-0.4, -0.2) is 31.6 Å². The second kappa shape index (κ2) is 6.99. The van der Waals surface area contributed by atoms with Crippen LogP contribution in [0.1, 0.15) is 17.2 Å². The molecular weight excluding hydrogens is 269 g/mol. The normalized spacial score (nSPS) is 12.2. The number of carbonyl (C=O) groups is 1. The first-order valence-electron chi connectivity index (χ1n) is 6.69. The maximum absolute atomic E-state index is 13.1. The zero-order chi connectivity index (χ0) is 15.2. The number of halogens is 1. The molecule has 0 amide bonds. The number of likely N-dealkylation sites (N-methyl/N-ethyl adjacent to an activating group) is 1. The largest absolute Gasteiger partial charge is 0.468 e. The topological polar surface area (TPSA) is 29.5 Å². The first-order chi connectivity index (χ1) is 10.1. The van der Waals surface area contributed by atoms with Crippen molar-refractivity contribution >= 4 is 5.97 Å². The third kappa shape index (κ3) is 3.89. The van der Waals surface area contributed by atoms with E-state index in [1.807, 2.05) is 42.3 Å². The number of carbonyl (C=O) groups excluding carboxylic acids is 1. The Morgan fingerprint density at radius 2 is 1.67 bits per heavy atom. The number of esters is 1. The predicted octanol–water partition coefficient (Wildman–Crippen LogP) is 3.02. The number of methoxy groups -OCH3 is 1. The molecule has 2 aromatic rings. The summed E-state index contributed by atoms with van der Waals surface area (Å²) < 4.78 is 17.9. The minimum Gasteiger partial charge on any atom is -0.468 e. The van der Waals surface area contributed by atoms with Crippen molar-refractivity contribution in [2.75, 3.05) is 20.7 Å². The third-order valence-electron chi connectivity index (χ3n) is 3.35. The lowest BCUT2D eigenvalue weighted by Crippen LogP contribution is -2.31. The highest BCUT2D eigenvalue weighted by Gasteiger charge is 2.21. The summed E-state index contributed by atoms with van der Waals surface area (Å²) in [5.74, 6) is -0.582. The van der Waals surface area contributed by atoms with Crippen LogP contribution in [0.5, 0.6) is 0 Å². The maximum Gasteiger partial charge on any atom is 0.319 e. The molecule has 0 aromatic heterocycles. The van der Waals surface area contributed by atoms with Gasteiger partial charge in [0.05, 0.1) is 19.7 Å². The highest BCUT2D eigenvalue weighted by molar-refractivity contribution is 5.71. The zero-order valence-electron chi connectivity index (χ0n) is 12.1. The molecule has 3 nitrogen and oxygen atoms in total. The van der Waals surface area contributed by atoms with Gasteiger partial charge < -0.3 is 4.74 Å². The van der Waals surface area contributed by atoms with E-state index >= 15 is 0 Å². The molecule has 0 bridgehead atoms. The highest BCUT2D eigenvalue weighted by Crippen LogP contribution is 2.27. The van der Waals surface area contributed by atoms with Crippen LogP contribution in [0.15, 0.2) is 54.6 Å². The number of benzene rings is 2. The van der Waals surface area contributed by atoms with E-state index in [2.05, 4.69) is 0 Å². The zero-order valence-corrected chi connectivity index (χ0v) is 12.1. The fourth-order valence-corrected chi connectivity index (χ4v) is 2.34. The molecule has 0 radical (unpaired) electrons. The highest BCUT2D eigenvalue weighted by atomic mass is 19.1. The molecule has 1 unspecified atom stereocenters. The fourth-order valence-electron chi connectivity index (χ4n) is 2.34. The van der Waals surface area contributed by atoms with Crippen LogP contribution >= 0.6 is 0 Å². The van der Waals surface area contributed by atoms with Crippen molar-refractivity contribution in [3.8, 4) is 0 Å². The predicted molar refractivity (Wildman–Crippen MR) is 79.3 cm³/mol. The lowest BCUT2D eigenvalue weighted by atomic mass is 9.97. The monoisotopic (exact) mass is 287 g/mol. The van der Waals surface area contributed by atoms with E-state index in [-0.39, 0.29) is 24.4 Å².